The van der Waals surface area contributed by atoms with Crippen LogP contribution in [0.4, 0.5) is 0 Å². The van der Waals surface area contributed by atoms with E-state index in [1.807, 2.05) is 25.1 Å². The maximum absolute atomic E-state index is 12.0. The molecule has 132 valence electrons. The summed E-state index contributed by atoms with van der Waals surface area (Å²) >= 11 is 0. The molecule has 0 saturated heterocycles. The summed E-state index contributed by atoms with van der Waals surface area (Å²) in [7, 11) is 0. The summed E-state index contributed by atoms with van der Waals surface area (Å²) in [6, 6.07) is 17.1. The molecule has 0 aliphatic rings. The van der Waals surface area contributed by atoms with Crippen molar-refractivity contribution in [2.24, 2.45) is 5.92 Å². The van der Waals surface area contributed by atoms with Gasteiger partial charge in [-0.15, -0.1) is 0 Å². The van der Waals surface area contributed by atoms with Crippen LogP contribution in [0.3, 0.4) is 0 Å². The molecule has 0 bridgehead atoms. The van der Waals surface area contributed by atoms with Gasteiger partial charge in [0.25, 0.3) is 5.91 Å². The summed E-state index contributed by atoms with van der Waals surface area (Å²) in [6.45, 7) is 6.29. The average Bonchev–Trinajstić information content (AvgIpc) is 2.60. The summed E-state index contributed by atoms with van der Waals surface area (Å²) in [5.74, 6) is 0.167. The van der Waals surface area contributed by atoms with Crippen LogP contribution in [0, 0.1) is 5.92 Å². The zero-order valence-electron chi connectivity index (χ0n) is 15.1. The average molecular weight is 338 g/mol. The van der Waals surface area contributed by atoms with Gasteiger partial charge in [-0.25, -0.2) is 0 Å². The number of hydrogen-bond donors (Lipinski definition) is 2. The van der Waals surface area contributed by atoms with E-state index in [9.17, 15) is 9.59 Å². The van der Waals surface area contributed by atoms with E-state index < -0.39 is 0 Å². The number of carbonyl (C=O) groups excluding carboxylic acids is 2. The van der Waals surface area contributed by atoms with Gasteiger partial charge in [-0.2, -0.15) is 0 Å². The molecule has 0 aliphatic carbocycles. The first kappa shape index (κ1) is 18.7. The lowest BCUT2D eigenvalue weighted by molar-refractivity contribution is -0.120. The van der Waals surface area contributed by atoms with Crippen LogP contribution in [-0.4, -0.2) is 18.4 Å². The molecule has 0 saturated carbocycles. The third kappa shape index (κ3) is 6.07. The minimum absolute atomic E-state index is 0.0382. The van der Waals surface area contributed by atoms with Gasteiger partial charge in [0.15, 0.2) is 0 Å². The molecule has 4 nitrogen and oxygen atoms in total. The van der Waals surface area contributed by atoms with Gasteiger partial charge in [0.05, 0.1) is 12.6 Å². The predicted octanol–water partition coefficient (Wildman–Crippen LogP) is 3.49. The Bertz CT molecular complexity index is 694. The van der Waals surface area contributed by atoms with E-state index >= 15 is 0 Å². The van der Waals surface area contributed by atoms with E-state index in [1.165, 1.54) is 5.56 Å². The van der Waals surface area contributed by atoms with E-state index in [0.29, 0.717) is 11.5 Å². The van der Waals surface area contributed by atoms with Crippen molar-refractivity contribution in [3.05, 3.63) is 71.3 Å². The van der Waals surface area contributed by atoms with Gasteiger partial charge in [0, 0.05) is 5.56 Å². The summed E-state index contributed by atoms with van der Waals surface area (Å²) < 4.78 is 0. The highest BCUT2D eigenvalue weighted by molar-refractivity contribution is 5.96. The summed E-state index contributed by atoms with van der Waals surface area (Å²) in [5.41, 5.74) is 2.90. The third-order valence-electron chi connectivity index (χ3n) is 3.95. The lowest BCUT2D eigenvalue weighted by Gasteiger charge is -2.15. The van der Waals surface area contributed by atoms with Crippen LogP contribution < -0.4 is 10.6 Å². The van der Waals surface area contributed by atoms with Gasteiger partial charge in [-0.1, -0.05) is 56.3 Å². The molecule has 2 N–H and O–H groups in total. The SMILES string of the molecule is CC(C)Cc1ccc([C@@H](C)NC(=O)CNC(=O)c2ccccc2)cc1. The van der Waals surface area contributed by atoms with Crippen molar-refractivity contribution in [1.82, 2.24) is 10.6 Å². The van der Waals surface area contributed by atoms with Crippen LogP contribution >= 0.6 is 0 Å². The standard InChI is InChI=1S/C21H26N2O2/c1-15(2)13-17-9-11-18(12-10-17)16(3)23-20(24)14-22-21(25)19-7-5-4-6-8-19/h4-12,15-16H,13-14H2,1-3H3,(H,22,25)(H,23,24)/t16-/m1/s1. The minimum Gasteiger partial charge on any atom is -0.348 e. The predicted molar refractivity (Wildman–Crippen MR) is 100 cm³/mol. The summed E-state index contributed by atoms with van der Waals surface area (Å²) in [4.78, 5) is 24.0. The maximum atomic E-state index is 12.0. The van der Waals surface area contributed by atoms with Crippen LogP contribution in [0.25, 0.3) is 0 Å². The number of carbonyl (C=O) groups is 2. The van der Waals surface area contributed by atoms with Crippen molar-refractivity contribution in [3.8, 4) is 0 Å². The molecule has 0 aliphatic heterocycles. The Morgan fingerprint density at radius 2 is 1.56 bits per heavy atom. The van der Waals surface area contributed by atoms with Crippen molar-refractivity contribution < 1.29 is 9.59 Å². The molecule has 4 heteroatoms. The van der Waals surface area contributed by atoms with Crippen LogP contribution in [0.5, 0.6) is 0 Å². The second-order valence-corrected chi connectivity index (χ2v) is 6.68. The Balaban J connectivity index is 1.82. The van der Waals surface area contributed by atoms with Gasteiger partial charge in [0.2, 0.25) is 5.91 Å². The molecule has 0 aromatic heterocycles. The Hall–Kier alpha value is -2.62. The third-order valence-corrected chi connectivity index (χ3v) is 3.95. The molecule has 1 atom stereocenters. The van der Waals surface area contributed by atoms with E-state index in [2.05, 4.69) is 36.6 Å². The Morgan fingerprint density at radius 3 is 2.16 bits per heavy atom. The number of nitrogens with one attached hydrogen (secondary N) is 2. The number of benzene rings is 2. The van der Waals surface area contributed by atoms with Crippen LogP contribution in [-0.2, 0) is 11.2 Å². The fraction of sp³-hybridized carbons (Fsp3) is 0.333. The first-order valence-electron chi connectivity index (χ1n) is 8.67. The molecule has 0 spiro atoms. The monoisotopic (exact) mass is 338 g/mol. The molecule has 0 heterocycles. The molecule has 2 aromatic rings. The van der Waals surface area contributed by atoms with Crippen LogP contribution in [0.2, 0.25) is 0 Å². The highest BCUT2D eigenvalue weighted by Crippen LogP contribution is 2.15. The van der Waals surface area contributed by atoms with Gasteiger partial charge in [0.1, 0.15) is 0 Å². The van der Waals surface area contributed by atoms with E-state index in [0.717, 1.165) is 12.0 Å². The van der Waals surface area contributed by atoms with E-state index in [1.54, 1.807) is 24.3 Å². The molecule has 2 amide bonds. The molecule has 2 aromatic carbocycles. The second-order valence-electron chi connectivity index (χ2n) is 6.68. The van der Waals surface area contributed by atoms with Crippen LogP contribution in [0.1, 0.15) is 48.3 Å². The quantitative estimate of drug-likeness (QED) is 0.812. The minimum atomic E-state index is -0.249. The smallest absolute Gasteiger partial charge is 0.251 e. The highest BCUT2D eigenvalue weighted by Gasteiger charge is 2.11. The first-order chi connectivity index (χ1) is 12.0. The Morgan fingerprint density at radius 1 is 0.920 bits per heavy atom. The number of hydrogen-bond acceptors (Lipinski definition) is 2. The Labute approximate surface area is 149 Å². The lowest BCUT2D eigenvalue weighted by atomic mass is 10.00. The molecule has 0 radical (unpaired) electrons. The zero-order valence-corrected chi connectivity index (χ0v) is 15.1. The maximum Gasteiger partial charge on any atom is 0.251 e. The van der Waals surface area contributed by atoms with Crippen molar-refractivity contribution >= 4 is 11.8 Å². The molecule has 2 rings (SSSR count). The highest BCUT2D eigenvalue weighted by atomic mass is 16.2. The zero-order chi connectivity index (χ0) is 18.2. The van der Waals surface area contributed by atoms with Crippen molar-refractivity contribution in [2.75, 3.05) is 6.54 Å². The fourth-order valence-corrected chi connectivity index (χ4v) is 2.64. The normalized spacial score (nSPS) is 11.8. The van der Waals surface area contributed by atoms with Gasteiger partial charge >= 0.3 is 0 Å². The number of amides is 2. The number of rotatable bonds is 7. The molecular weight excluding hydrogens is 312 g/mol. The van der Waals surface area contributed by atoms with Crippen molar-refractivity contribution in [2.45, 2.75) is 33.2 Å². The van der Waals surface area contributed by atoms with Gasteiger partial charge in [-0.3, -0.25) is 9.59 Å². The largest absolute Gasteiger partial charge is 0.348 e. The molecular formula is C21H26N2O2. The molecule has 0 fully saturated rings. The second kappa shape index (κ2) is 9.02. The topological polar surface area (TPSA) is 58.2 Å². The molecule has 0 unspecified atom stereocenters. The molecule has 25 heavy (non-hydrogen) atoms. The van der Waals surface area contributed by atoms with E-state index in [-0.39, 0.29) is 24.4 Å². The van der Waals surface area contributed by atoms with Crippen LogP contribution in [0.15, 0.2) is 54.6 Å². The fourth-order valence-electron chi connectivity index (χ4n) is 2.64. The Kier molecular flexibility index (Phi) is 6.75. The van der Waals surface area contributed by atoms with Crippen molar-refractivity contribution in [3.63, 3.8) is 0 Å². The summed E-state index contributed by atoms with van der Waals surface area (Å²) in [6.07, 6.45) is 1.05. The van der Waals surface area contributed by atoms with E-state index in [4.69, 9.17) is 0 Å². The lowest BCUT2D eigenvalue weighted by Crippen LogP contribution is -2.38. The van der Waals surface area contributed by atoms with Gasteiger partial charge < -0.3 is 10.6 Å². The summed E-state index contributed by atoms with van der Waals surface area (Å²) in [5, 5.41) is 5.54. The van der Waals surface area contributed by atoms with Crippen molar-refractivity contribution in [1.29, 1.82) is 0 Å². The first-order valence-corrected chi connectivity index (χ1v) is 8.67. The van der Waals surface area contributed by atoms with Gasteiger partial charge in [-0.05, 0) is 42.5 Å².